The van der Waals surface area contributed by atoms with Crippen LogP contribution in [0.1, 0.15) is 40.5 Å². The molecule has 0 spiro atoms. The number of esters is 1. The summed E-state index contributed by atoms with van der Waals surface area (Å²) < 4.78 is 5.20. The molecule has 9 nitrogen and oxygen atoms in total. The Hall–Kier alpha value is -2.54. The summed E-state index contributed by atoms with van der Waals surface area (Å²) in [6.45, 7) is 6.02. The van der Waals surface area contributed by atoms with Crippen molar-refractivity contribution in [3.05, 3.63) is 0 Å². The monoisotopic (exact) mass is 327 g/mol. The standard InChI is InChI=1S/C14H22N4O5/c1-9(19)16-8-12(21)18-11(6-5-10(20)7-17-15)13(22)23-14(2,3)4/h7,11,15H,5-6,8H2,1-4H3,(H-,16,18,19,21)/p+1/t11-/m0/s1. The van der Waals surface area contributed by atoms with Gasteiger partial charge in [0.1, 0.15) is 11.6 Å². The number of nitrogens with zero attached hydrogens (tertiary/aromatic N) is 1. The van der Waals surface area contributed by atoms with Gasteiger partial charge in [0.15, 0.2) is 0 Å². The first-order valence-electron chi connectivity index (χ1n) is 7.04. The number of ether oxygens (including phenoxy) is 1. The van der Waals surface area contributed by atoms with Crippen LogP contribution in [0.5, 0.6) is 0 Å². The molecule has 0 fully saturated rings. The molecule has 0 aromatic rings. The molecule has 0 radical (unpaired) electrons. The highest BCUT2D eigenvalue weighted by Crippen LogP contribution is 2.10. The summed E-state index contributed by atoms with van der Waals surface area (Å²) in [7, 11) is 0. The van der Waals surface area contributed by atoms with E-state index in [2.05, 4.69) is 15.4 Å². The molecule has 0 saturated heterocycles. The van der Waals surface area contributed by atoms with E-state index in [9.17, 15) is 19.2 Å². The second kappa shape index (κ2) is 9.47. The number of Topliss-reactive ketones (excluding diaryl/α,β-unsaturated/α-hetero) is 1. The smallest absolute Gasteiger partial charge is 0.372 e. The van der Waals surface area contributed by atoms with Crippen LogP contribution in [-0.2, 0) is 23.9 Å². The highest BCUT2D eigenvalue weighted by atomic mass is 16.6. The van der Waals surface area contributed by atoms with Gasteiger partial charge in [0.05, 0.1) is 16.9 Å². The number of nitrogens with one attached hydrogen (secondary N) is 3. The molecule has 0 aliphatic heterocycles. The zero-order valence-corrected chi connectivity index (χ0v) is 13.8. The SMILES string of the molecule is CC(=O)NCC(=O)N[C@@H](CCC(=O)C=[N+]=N)C(=O)OC(C)(C)C. The number of rotatable bonds is 8. The van der Waals surface area contributed by atoms with Crippen molar-refractivity contribution < 1.29 is 28.7 Å². The maximum atomic E-state index is 12.1. The summed E-state index contributed by atoms with van der Waals surface area (Å²) in [6.07, 6.45) is 0.754. The van der Waals surface area contributed by atoms with Gasteiger partial charge in [-0.15, -0.1) is 0 Å². The van der Waals surface area contributed by atoms with E-state index in [0.29, 0.717) is 0 Å². The first-order valence-corrected chi connectivity index (χ1v) is 7.04. The van der Waals surface area contributed by atoms with Crippen molar-refractivity contribution in [2.24, 2.45) is 0 Å². The maximum absolute atomic E-state index is 12.1. The number of amides is 2. The summed E-state index contributed by atoms with van der Waals surface area (Å²) in [5.41, 5.74) is 5.83. The van der Waals surface area contributed by atoms with Gasteiger partial charge in [-0.2, -0.15) is 0 Å². The first kappa shape index (κ1) is 20.5. The Balaban J connectivity index is 4.81. The zero-order valence-electron chi connectivity index (χ0n) is 13.8. The third-order valence-electron chi connectivity index (χ3n) is 2.41. The van der Waals surface area contributed by atoms with E-state index in [1.807, 2.05) is 0 Å². The molecule has 1 atom stereocenters. The molecule has 0 saturated carbocycles. The van der Waals surface area contributed by atoms with E-state index in [-0.39, 0.29) is 25.3 Å². The highest BCUT2D eigenvalue weighted by molar-refractivity contribution is 6.25. The summed E-state index contributed by atoms with van der Waals surface area (Å²) >= 11 is 0. The van der Waals surface area contributed by atoms with Gasteiger partial charge in [0.25, 0.3) is 0 Å². The van der Waals surface area contributed by atoms with Crippen LogP contribution < -0.4 is 10.6 Å². The van der Waals surface area contributed by atoms with E-state index in [1.165, 1.54) is 6.92 Å². The van der Waals surface area contributed by atoms with Crippen molar-refractivity contribution in [3.8, 4) is 0 Å². The second-order valence-corrected chi connectivity index (χ2v) is 5.83. The molecule has 0 aliphatic carbocycles. The quantitative estimate of drug-likeness (QED) is 0.241. The van der Waals surface area contributed by atoms with Crippen molar-refractivity contribution in [1.82, 2.24) is 10.6 Å². The highest BCUT2D eigenvalue weighted by Gasteiger charge is 2.27. The van der Waals surface area contributed by atoms with Crippen LogP contribution in [0.25, 0.3) is 0 Å². The largest absolute Gasteiger partial charge is 0.458 e. The number of carbonyl (C=O) groups is 4. The Kier molecular flexibility index (Phi) is 8.43. The fraction of sp³-hybridized carbons (Fsp3) is 0.643. The Morgan fingerprint density at radius 1 is 1.26 bits per heavy atom. The lowest BCUT2D eigenvalue weighted by Gasteiger charge is -2.24. The van der Waals surface area contributed by atoms with Crippen LogP contribution in [-0.4, -0.2) is 52.8 Å². The van der Waals surface area contributed by atoms with Gasteiger partial charge in [-0.05, 0) is 27.2 Å². The van der Waals surface area contributed by atoms with Gasteiger partial charge < -0.3 is 15.4 Å². The Morgan fingerprint density at radius 3 is 2.35 bits per heavy atom. The van der Waals surface area contributed by atoms with Gasteiger partial charge >= 0.3 is 12.2 Å². The molecule has 0 aromatic heterocycles. The Labute approximate surface area is 134 Å². The van der Waals surface area contributed by atoms with E-state index < -0.39 is 29.3 Å². The van der Waals surface area contributed by atoms with E-state index in [0.717, 1.165) is 6.21 Å². The number of ketones is 1. The minimum Gasteiger partial charge on any atom is -0.458 e. The summed E-state index contributed by atoms with van der Waals surface area (Å²) in [5, 5.41) is 4.73. The third-order valence-corrected chi connectivity index (χ3v) is 2.41. The molecule has 23 heavy (non-hydrogen) atoms. The first-order chi connectivity index (χ1) is 10.5. The second-order valence-electron chi connectivity index (χ2n) is 5.83. The van der Waals surface area contributed by atoms with Crippen molar-refractivity contribution in [2.75, 3.05) is 6.54 Å². The fourth-order valence-electron chi connectivity index (χ4n) is 1.50. The molecular weight excluding hydrogens is 304 g/mol. The molecule has 9 heteroatoms. The van der Waals surface area contributed by atoms with Crippen molar-refractivity contribution in [3.63, 3.8) is 0 Å². The average Bonchev–Trinajstić information content (AvgIpc) is 2.39. The van der Waals surface area contributed by atoms with Crippen molar-refractivity contribution in [2.45, 2.75) is 52.2 Å². The number of hydrogen-bond acceptors (Lipinski definition) is 6. The van der Waals surface area contributed by atoms with Gasteiger partial charge in [-0.25, -0.2) is 4.79 Å². The molecule has 3 N–H and O–H groups in total. The zero-order chi connectivity index (χ0) is 18.0. The average molecular weight is 327 g/mol. The molecular formula is C14H23N4O5+. The van der Waals surface area contributed by atoms with Gasteiger partial charge in [-0.1, -0.05) is 0 Å². The molecule has 2 amide bonds. The predicted molar refractivity (Wildman–Crippen MR) is 79.7 cm³/mol. The fourth-order valence-corrected chi connectivity index (χ4v) is 1.50. The third kappa shape index (κ3) is 10.8. The Bertz CT molecular complexity index is 518. The molecule has 0 bridgehead atoms. The van der Waals surface area contributed by atoms with Crippen LogP contribution >= 0.6 is 0 Å². The van der Waals surface area contributed by atoms with E-state index >= 15 is 0 Å². The van der Waals surface area contributed by atoms with Crippen LogP contribution in [0, 0.1) is 5.53 Å². The summed E-state index contributed by atoms with van der Waals surface area (Å²) in [5.74, 6) is -2.07. The molecule has 0 heterocycles. The number of hydrogen-bond donors (Lipinski definition) is 3. The van der Waals surface area contributed by atoms with Crippen LogP contribution in [0.4, 0.5) is 0 Å². The minimum atomic E-state index is -1.03. The topological polar surface area (TPSA) is 140 Å². The lowest BCUT2D eigenvalue weighted by Crippen LogP contribution is -2.47. The van der Waals surface area contributed by atoms with Crippen LogP contribution in [0.15, 0.2) is 0 Å². The van der Waals surface area contributed by atoms with E-state index in [4.69, 9.17) is 10.3 Å². The van der Waals surface area contributed by atoms with Crippen molar-refractivity contribution in [1.29, 1.82) is 5.53 Å². The van der Waals surface area contributed by atoms with Crippen LogP contribution in [0.3, 0.4) is 0 Å². The molecule has 0 unspecified atom stereocenters. The van der Waals surface area contributed by atoms with Crippen molar-refractivity contribution >= 4 is 29.8 Å². The molecule has 128 valence electrons. The molecule has 0 rings (SSSR count). The Morgan fingerprint density at radius 2 is 1.87 bits per heavy atom. The predicted octanol–water partition coefficient (Wildman–Crippen LogP) is -0.392. The lowest BCUT2D eigenvalue weighted by atomic mass is 10.1. The lowest BCUT2D eigenvalue weighted by molar-refractivity contribution is -0.158. The van der Waals surface area contributed by atoms with Gasteiger partial charge in [0, 0.05) is 13.3 Å². The van der Waals surface area contributed by atoms with Gasteiger partial charge in [-0.3, -0.25) is 14.4 Å². The normalized spacial score (nSPS) is 11.7. The maximum Gasteiger partial charge on any atom is 0.372 e. The summed E-state index contributed by atoms with van der Waals surface area (Å²) in [4.78, 5) is 48.8. The minimum absolute atomic E-state index is 0.00553. The van der Waals surface area contributed by atoms with Gasteiger partial charge in [0.2, 0.25) is 17.6 Å². The molecule has 0 aliphatic rings. The molecule has 0 aromatic carbocycles. The van der Waals surface area contributed by atoms with E-state index in [1.54, 1.807) is 20.8 Å². The summed E-state index contributed by atoms with van der Waals surface area (Å²) in [6, 6.07) is -1.03. The number of carbonyl (C=O) groups excluding carboxylic acids is 4. The van der Waals surface area contributed by atoms with Crippen LogP contribution in [0.2, 0.25) is 0 Å².